The van der Waals surface area contributed by atoms with Gasteiger partial charge in [-0.25, -0.2) is 0 Å². The zero-order valence-corrected chi connectivity index (χ0v) is 15.0. The van der Waals surface area contributed by atoms with E-state index in [9.17, 15) is 0 Å². The first-order valence-electron chi connectivity index (χ1n) is 9.56. The zero-order chi connectivity index (χ0) is 15.3. The maximum Gasteiger partial charge on any atom is 0.0105 e. The van der Waals surface area contributed by atoms with E-state index < -0.39 is 0 Å². The number of nitrogens with one attached hydrogen (secondary N) is 1. The second kappa shape index (κ2) is 7.97. The maximum absolute atomic E-state index is 3.61. The Balaban J connectivity index is 1.90. The van der Waals surface area contributed by atoms with E-state index in [-0.39, 0.29) is 0 Å². The smallest absolute Gasteiger partial charge is 0.0105 e. The van der Waals surface area contributed by atoms with Gasteiger partial charge in [-0.3, -0.25) is 0 Å². The Bertz CT molecular complexity index is 298. The third kappa shape index (κ3) is 4.22. The maximum atomic E-state index is 3.61. The summed E-state index contributed by atoms with van der Waals surface area (Å²) in [7, 11) is 2.17. The summed E-state index contributed by atoms with van der Waals surface area (Å²) in [6, 6.07) is 0.761. The normalized spacial score (nSPS) is 33.4. The Labute approximate surface area is 133 Å². The van der Waals surface area contributed by atoms with Crippen molar-refractivity contribution in [3.05, 3.63) is 0 Å². The molecule has 3 unspecified atom stereocenters. The molecule has 1 saturated heterocycles. The van der Waals surface area contributed by atoms with Crippen molar-refractivity contribution in [2.45, 2.75) is 78.2 Å². The van der Waals surface area contributed by atoms with Gasteiger partial charge in [-0.2, -0.15) is 0 Å². The first-order valence-corrected chi connectivity index (χ1v) is 9.56. The third-order valence-corrected chi connectivity index (χ3v) is 6.67. The molecule has 2 nitrogen and oxygen atoms in total. The van der Waals surface area contributed by atoms with Crippen LogP contribution in [0.15, 0.2) is 0 Å². The lowest BCUT2D eigenvalue weighted by Gasteiger charge is -2.38. The molecule has 1 saturated carbocycles. The fourth-order valence-corrected chi connectivity index (χ4v) is 4.96. The Hall–Kier alpha value is -0.0800. The van der Waals surface area contributed by atoms with Gasteiger partial charge in [0.2, 0.25) is 0 Å². The van der Waals surface area contributed by atoms with Crippen molar-refractivity contribution in [3.63, 3.8) is 0 Å². The fraction of sp³-hybridized carbons (Fsp3) is 1.00. The molecule has 0 spiro atoms. The summed E-state index contributed by atoms with van der Waals surface area (Å²) in [6.45, 7) is 11.2. The number of hydrogen-bond donors (Lipinski definition) is 1. The first-order chi connectivity index (χ1) is 10.2. The molecule has 2 fully saturated rings. The summed E-state index contributed by atoms with van der Waals surface area (Å²) >= 11 is 0. The van der Waals surface area contributed by atoms with Crippen LogP contribution in [0.3, 0.4) is 0 Å². The van der Waals surface area contributed by atoms with Crippen molar-refractivity contribution in [1.82, 2.24) is 10.2 Å². The molecule has 1 aliphatic heterocycles. The van der Waals surface area contributed by atoms with Gasteiger partial charge in [0.25, 0.3) is 0 Å². The molecule has 124 valence electrons. The van der Waals surface area contributed by atoms with Crippen molar-refractivity contribution < 1.29 is 0 Å². The molecular formula is C19H38N2. The molecule has 0 aromatic heterocycles. The number of nitrogens with zero attached hydrogens (tertiary/aromatic N) is 1. The van der Waals surface area contributed by atoms with Gasteiger partial charge in [-0.1, -0.05) is 33.6 Å². The second-order valence-corrected chi connectivity index (χ2v) is 7.82. The van der Waals surface area contributed by atoms with Gasteiger partial charge in [0.05, 0.1) is 0 Å². The molecule has 0 aromatic rings. The van der Waals surface area contributed by atoms with Gasteiger partial charge in [0.1, 0.15) is 0 Å². The van der Waals surface area contributed by atoms with Crippen LogP contribution in [0.25, 0.3) is 0 Å². The van der Waals surface area contributed by atoms with E-state index in [1.807, 2.05) is 0 Å². The van der Waals surface area contributed by atoms with E-state index in [1.165, 1.54) is 71.0 Å². The van der Waals surface area contributed by atoms with E-state index in [0.29, 0.717) is 5.41 Å². The van der Waals surface area contributed by atoms with Crippen LogP contribution in [0, 0.1) is 17.3 Å². The highest BCUT2D eigenvalue weighted by atomic mass is 15.2. The lowest BCUT2D eigenvalue weighted by molar-refractivity contribution is 0.142. The zero-order valence-electron chi connectivity index (χ0n) is 15.0. The summed E-state index contributed by atoms with van der Waals surface area (Å²) in [5, 5.41) is 3.61. The van der Waals surface area contributed by atoms with Gasteiger partial charge < -0.3 is 10.2 Å². The van der Waals surface area contributed by atoms with E-state index in [4.69, 9.17) is 0 Å². The molecular weight excluding hydrogens is 256 g/mol. The molecule has 0 aromatic carbocycles. The van der Waals surface area contributed by atoms with Gasteiger partial charge in [0, 0.05) is 19.1 Å². The average Bonchev–Trinajstić information content (AvgIpc) is 2.92. The predicted octanol–water partition coefficient (Wildman–Crippen LogP) is 4.30. The molecule has 2 rings (SSSR count). The minimum absolute atomic E-state index is 0.632. The highest BCUT2D eigenvalue weighted by Gasteiger charge is 2.37. The highest BCUT2D eigenvalue weighted by Crippen LogP contribution is 2.39. The largest absolute Gasteiger partial charge is 0.317 e. The number of hydrogen-bond acceptors (Lipinski definition) is 2. The first kappa shape index (κ1) is 17.3. The lowest BCUT2D eigenvalue weighted by Crippen LogP contribution is -2.44. The molecule has 1 N–H and O–H groups in total. The monoisotopic (exact) mass is 294 g/mol. The van der Waals surface area contributed by atoms with Gasteiger partial charge in [-0.15, -0.1) is 0 Å². The van der Waals surface area contributed by atoms with Crippen LogP contribution in [-0.2, 0) is 0 Å². The van der Waals surface area contributed by atoms with Crippen LogP contribution >= 0.6 is 0 Å². The number of likely N-dealkylation sites (tertiary alicyclic amines) is 1. The van der Waals surface area contributed by atoms with Crippen LogP contribution in [-0.4, -0.2) is 37.6 Å². The fourth-order valence-electron chi connectivity index (χ4n) is 4.96. The van der Waals surface area contributed by atoms with Crippen LogP contribution in [0.5, 0.6) is 0 Å². The molecule has 0 amide bonds. The van der Waals surface area contributed by atoms with E-state index >= 15 is 0 Å². The van der Waals surface area contributed by atoms with Crippen molar-refractivity contribution in [2.24, 2.45) is 17.3 Å². The van der Waals surface area contributed by atoms with Gasteiger partial charge in [-0.05, 0) is 69.4 Å². The SMILES string of the molecule is CCCC1CCC(NC)C(CN2CCC(CC)(CC)C2)C1. The Morgan fingerprint density at radius 1 is 1.14 bits per heavy atom. The molecule has 1 aliphatic carbocycles. The summed E-state index contributed by atoms with van der Waals surface area (Å²) < 4.78 is 0. The summed E-state index contributed by atoms with van der Waals surface area (Å²) in [5.74, 6) is 1.87. The Morgan fingerprint density at radius 2 is 1.90 bits per heavy atom. The summed E-state index contributed by atoms with van der Waals surface area (Å²) in [5.41, 5.74) is 0.632. The van der Waals surface area contributed by atoms with Crippen molar-refractivity contribution in [2.75, 3.05) is 26.7 Å². The molecule has 3 atom stereocenters. The van der Waals surface area contributed by atoms with E-state index in [2.05, 4.69) is 38.0 Å². The second-order valence-electron chi connectivity index (χ2n) is 7.82. The summed E-state index contributed by atoms with van der Waals surface area (Å²) in [6.07, 6.45) is 11.3. The highest BCUT2D eigenvalue weighted by molar-refractivity contribution is 4.92. The van der Waals surface area contributed by atoms with Crippen molar-refractivity contribution >= 4 is 0 Å². The molecule has 2 aliphatic rings. The summed E-state index contributed by atoms with van der Waals surface area (Å²) in [4.78, 5) is 2.79. The Morgan fingerprint density at radius 3 is 2.48 bits per heavy atom. The minimum Gasteiger partial charge on any atom is -0.317 e. The van der Waals surface area contributed by atoms with Crippen LogP contribution < -0.4 is 5.32 Å². The van der Waals surface area contributed by atoms with Gasteiger partial charge >= 0.3 is 0 Å². The van der Waals surface area contributed by atoms with E-state index in [0.717, 1.165) is 17.9 Å². The molecule has 2 heteroatoms. The van der Waals surface area contributed by atoms with Crippen LogP contribution in [0.4, 0.5) is 0 Å². The Kier molecular flexibility index (Phi) is 6.55. The van der Waals surface area contributed by atoms with Crippen LogP contribution in [0.1, 0.15) is 72.1 Å². The van der Waals surface area contributed by atoms with Crippen LogP contribution in [0.2, 0.25) is 0 Å². The standard InChI is InChI=1S/C19H38N2/c1-5-8-16-9-10-18(20-4)17(13-16)14-21-12-11-19(6-2,7-3)15-21/h16-18,20H,5-15H2,1-4H3. The quantitative estimate of drug-likeness (QED) is 0.753. The predicted molar refractivity (Wildman–Crippen MR) is 92.7 cm³/mol. The molecule has 1 heterocycles. The lowest BCUT2D eigenvalue weighted by atomic mass is 9.76. The van der Waals surface area contributed by atoms with Crippen molar-refractivity contribution in [1.29, 1.82) is 0 Å². The average molecular weight is 295 g/mol. The minimum atomic E-state index is 0.632. The molecule has 0 radical (unpaired) electrons. The van der Waals surface area contributed by atoms with Crippen molar-refractivity contribution in [3.8, 4) is 0 Å². The molecule has 21 heavy (non-hydrogen) atoms. The molecule has 0 bridgehead atoms. The topological polar surface area (TPSA) is 15.3 Å². The number of rotatable bonds is 7. The third-order valence-electron chi connectivity index (χ3n) is 6.67. The van der Waals surface area contributed by atoms with Gasteiger partial charge in [0.15, 0.2) is 0 Å². The van der Waals surface area contributed by atoms with E-state index in [1.54, 1.807) is 0 Å².